The number of piperidine rings is 1. The maximum absolute atomic E-state index is 12.5. The van der Waals surface area contributed by atoms with E-state index in [2.05, 4.69) is 17.1 Å². The van der Waals surface area contributed by atoms with E-state index in [1.807, 2.05) is 11.9 Å². The van der Waals surface area contributed by atoms with Crippen molar-refractivity contribution in [1.82, 2.24) is 15.1 Å². The van der Waals surface area contributed by atoms with Gasteiger partial charge in [-0.15, -0.1) is 0 Å². The summed E-state index contributed by atoms with van der Waals surface area (Å²) >= 11 is 0. The molecule has 0 bridgehead atoms. The summed E-state index contributed by atoms with van der Waals surface area (Å²) in [6, 6.07) is 0.611. The fourth-order valence-electron chi connectivity index (χ4n) is 3.74. The highest BCUT2D eigenvalue weighted by molar-refractivity contribution is 5.78. The highest BCUT2D eigenvalue weighted by atomic mass is 16.2. The zero-order chi connectivity index (χ0) is 16.1. The molecule has 5 heteroatoms. The lowest BCUT2D eigenvalue weighted by molar-refractivity contribution is -0.134. The third kappa shape index (κ3) is 4.97. The van der Waals surface area contributed by atoms with E-state index in [1.54, 1.807) is 6.92 Å². The monoisotopic (exact) mass is 309 g/mol. The predicted molar refractivity (Wildman–Crippen MR) is 87.5 cm³/mol. The van der Waals surface area contributed by atoms with Gasteiger partial charge in [0.25, 0.3) is 0 Å². The summed E-state index contributed by atoms with van der Waals surface area (Å²) in [7, 11) is 1.96. The van der Waals surface area contributed by atoms with Gasteiger partial charge in [0.2, 0.25) is 11.8 Å². The quantitative estimate of drug-likeness (QED) is 0.858. The molecule has 0 unspecified atom stereocenters. The first-order valence-electron chi connectivity index (χ1n) is 8.71. The van der Waals surface area contributed by atoms with Crippen LogP contribution in [0.3, 0.4) is 0 Å². The predicted octanol–water partition coefficient (Wildman–Crippen LogP) is 1.62. The van der Waals surface area contributed by atoms with Gasteiger partial charge in [0, 0.05) is 32.6 Å². The normalized spacial score (nSPS) is 29.9. The Hall–Kier alpha value is -1.10. The molecule has 1 saturated carbocycles. The van der Waals surface area contributed by atoms with Gasteiger partial charge in [-0.2, -0.15) is 0 Å². The van der Waals surface area contributed by atoms with Gasteiger partial charge in [0.15, 0.2) is 0 Å². The summed E-state index contributed by atoms with van der Waals surface area (Å²) < 4.78 is 0. The van der Waals surface area contributed by atoms with Gasteiger partial charge in [0.05, 0.1) is 6.54 Å². The topological polar surface area (TPSA) is 52.7 Å². The molecule has 0 aromatic rings. The average molecular weight is 309 g/mol. The fourth-order valence-corrected chi connectivity index (χ4v) is 3.74. The van der Waals surface area contributed by atoms with E-state index in [-0.39, 0.29) is 17.9 Å². The summed E-state index contributed by atoms with van der Waals surface area (Å²) in [5.41, 5.74) is 0. The molecule has 2 rings (SSSR count). The summed E-state index contributed by atoms with van der Waals surface area (Å²) in [6.07, 6.45) is 6.80. The van der Waals surface area contributed by atoms with Crippen molar-refractivity contribution >= 4 is 11.8 Å². The fraction of sp³-hybridized carbons (Fsp3) is 0.882. The van der Waals surface area contributed by atoms with E-state index in [0.717, 1.165) is 44.7 Å². The first-order chi connectivity index (χ1) is 10.5. The second-order valence-corrected chi connectivity index (χ2v) is 7.19. The molecule has 126 valence electrons. The minimum atomic E-state index is 0.0200. The van der Waals surface area contributed by atoms with Crippen LogP contribution < -0.4 is 5.32 Å². The number of likely N-dealkylation sites (tertiary alicyclic amines) is 1. The largest absolute Gasteiger partial charge is 0.352 e. The minimum absolute atomic E-state index is 0.0200. The van der Waals surface area contributed by atoms with Crippen molar-refractivity contribution in [3.63, 3.8) is 0 Å². The standard InChI is InChI=1S/C17H31N3O2/c1-13-6-8-16(9-7-13)19(3)17(22)12-20-10-4-5-15(11-20)18-14(2)21/h13,15-16H,4-12H2,1-3H3,(H,18,21)/t13?,15-,16?/m1/s1. The molecule has 0 spiro atoms. The maximum Gasteiger partial charge on any atom is 0.236 e. The zero-order valence-corrected chi connectivity index (χ0v) is 14.3. The number of carbonyl (C=O) groups is 2. The average Bonchev–Trinajstić information content (AvgIpc) is 2.47. The molecule has 1 aliphatic heterocycles. The van der Waals surface area contributed by atoms with E-state index in [1.165, 1.54) is 12.8 Å². The third-order valence-corrected chi connectivity index (χ3v) is 5.20. The van der Waals surface area contributed by atoms with Crippen LogP contribution in [0.4, 0.5) is 0 Å². The molecule has 22 heavy (non-hydrogen) atoms. The van der Waals surface area contributed by atoms with Gasteiger partial charge in [-0.1, -0.05) is 6.92 Å². The number of likely N-dealkylation sites (N-methyl/N-ethyl adjacent to an activating group) is 1. The van der Waals surface area contributed by atoms with Crippen LogP contribution in [-0.2, 0) is 9.59 Å². The van der Waals surface area contributed by atoms with Gasteiger partial charge >= 0.3 is 0 Å². The number of carbonyl (C=O) groups excluding carboxylic acids is 2. The molecule has 1 aliphatic carbocycles. The van der Waals surface area contributed by atoms with E-state index < -0.39 is 0 Å². The van der Waals surface area contributed by atoms with Gasteiger partial charge in [0.1, 0.15) is 0 Å². The molecule has 1 saturated heterocycles. The lowest BCUT2D eigenvalue weighted by atomic mass is 9.87. The van der Waals surface area contributed by atoms with Gasteiger partial charge in [-0.25, -0.2) is 0 Å². The molecule has 2 amide bonds. The third-order valence-electron chi connectivity index (χ3n) is 5.20. The Balaban J connectivity index is 1.79. The molecular formula is C17H31N3O2. The van der Waals surface area contributed by atoms with Crippen molar-refractivity contribution in [1.29, 1.82) is 0 Å². The Bertz CT molecular complexity index is 391. The second-order valence-electron chi connectivity index (χ2n) is 7.19. The molecular weight excluding hydrogens is 278 g/mol. The van der Waals surface area contributed by atoms with E-state index in [4.69, 9.17) is 0 Å². The number of rotatable bonds is 4. The van der Waals surface area contributed by atoms with Crippen LogP contribution in [0.2, 0.25) is 0 Å². The van der Waals surface area contributed by atoms with Crippen LogP contribution in [0.15, 0.2) is 0 Å². The Morgan fingerprint density at radius 3 is 2.50 bits per heavy atom. The molecule has 1 atom stereocenters. The van der Waals surface area contributed by atoms with Crippen molar-refractivity contribution in [2.45, 2.75) is 64.5 Å². The number of nitrogens with one attached hydrogen (secondary N) is 1. The van der Waals surface area contributed by atoms with Gasteiger partial charge < -0.3 is 10.2 Å². The van der Waals surface area contributed by atoms with Crippen LogP contribution in [0.1, 0.15) is 52.4 Å². The minimum Gasteiger partial charge on any atom is -0.352 e. The molecule has 1 heterocycles. The van der Waals surface area contributed by atoms with Crippen LogP contribution in [0, 0.1) is 5.92 Å². The molecule has 2 aliphatic rings. The van der Waals surface area contributed by atoms with Crippen molar-refractivity contribution in [3.05, 3.63) is 0 Å². The maximum atomic E-state index is 12.5. The Kier molecular flexibility index (Phi) is 6.24. The van der Waals surface area contributed by atoms with Gasteiger partial charge in [-0.3, -0.25) is 14.5 Å². The number of nitrogens with zero attached hydrogens (tertiary/aromatic N) is 2. The molecule has 2 fully saturated rings. The number of hydrogen-bond donors (Lipinski definition) is 1. The number of hydrogen-bond acceptors (Lipinski definition) is 3. The van der Waals surface area contributed by atoms with Gasteiger partial charge in [-0.05, 0) is 51.0 Å². The first kappa shape index (κ1) is 17.3. The lowest BCUT2D eigenvalue weighted by Gasteiger charge is -2.37. The van der Waals surface area contributed by atoms with Crippen molar-refractivity contribution in [3.8, 4) is 0 Å². The van der Waals surface area contributed by atoms with Crippen molar-refractivity contribution in [2.24, 2.45) is 5.92 Å². The Morgan fingerprint density at radius 2 is 1.86 bits per heavy atom. The Morgan fingerprint density at radius 1 is 1.18 bits per heavy atom. The summed E-state index contributed by atoms with van der Waals surface area (Å²) in [5, 5.41) is 2.98. The first-order valence-corrected chi connectivity index (χ1v) is 8.71. The second kappa shape index (κ2) is 7.95. The Labute approximate surface area is 134 Å². The molecule has 1 N–H and O–H groups in total. The summed E-state index contributed by atoms with van der Waals surface area (Å²) in [6.45, 7) is 6.09. The van der Waals surface area contributed by atoms with Crippen LogP contribution >= 0.6 is 0 Å². The molecule has 0 radical (unpaired) electrons. The van der Waals surface area contributed by atoms with Crippen LogP contribution in [0.5, 0.6) is 0 Å². The molecule has 5 nitrogen and oxygen atoms in total. The zero-order valence-electron chi connectivity index (χ0n) is 14.3. The summed E-state index contributed by atoms with van der Waals surface area (Å²) in [5.74, 6) is 1.05. The highest BCUT2D eigenvalue weighted by Gasteiger charge is 2.27. The van der Waals surface area contributed by atoms with E-state index >= 15 is 0 Å². The van der Waals surface area contributed by atoms with Crippen molar-refractivity contribution in [2.75, 3.05) is 26.7 Å². The van der Waals surface area contributed by atoms with E-state index in [9.17, 15) is 9.59 Å². The van der Waals surface area contributed by atoms with E-state index in [0.29, 0.717) is 12.6 Å². The summed E-state index contributed by atoms with van der Waals surface area (Å²) in [4.78, 5) is 27.9. The smallest absolute Gasteiger partial charge is 0.236 e. The number of amides is 2. The van der Waals surface area contributed by atoms with Crippen molar-refractivity contribution < 1.29 is 9.59 Å². The van der Waals surface area contributed by atoms with Crippen LogP contribution in [0.25, 0.3) is 0 Å². The molecule has 0 aromatic carbocycles. The molecule has 0 aromatic heterocycles. The SMILES string of the molecule is CC(=O)N[C@@H]1CCCN(CC(=O)N(C)C2CCC(C)CC2)C1. The lowest BCUT2D eigenvalue weighted by Crippen LogP contribution is -2.51. The van der Waals surface area contributed by atoms with Crippen LogP contribution in [-0.4, -0.2) is 60.4 Å². The highest BCUT2D eigenvalue weighted by Crippen LogP contribution is 2.26.